The number of hydrogen-bond acceptors (Lipinski definition) is 2. The molecule has 10 atom stereocenters. The van der Waals surface area contributed by atoms with E-state index in [0.717, 1.165) is 59.2 Å². The number of esters is 1. The largest absolute Gasteiger partial charge is 0.466 e. The Morgan fingerprint density at radius 2 is 1.27 bits per heavy atom. The van der Waals surface area contributed by atoms with Gasteiger partial charge in [0.25, 0.3) is 0 Å². The zero-order chi connectivity index (χ0) is 17.8. The molecule has 0 aromatic heterocycles. The average Bonchev–Trinajstić information content (AvgIpc) is 3.45. The molecule has 2 heteroatoms. The molecule has 0 aliphatic heterocycles. The molecule has 0 saturated heterocycles. The van der Waals surface area contributed by atoms with E-state index in [4.69, 9.17) is 0 Å². The van der Waals surface area contributed by atoms with E-state index < -0.39 is 0 Å². The van der Waals surface area contributed by atoms with Gasteiger partial charge in [-0.05, 0) is 91.3 Å². The molecular formula is C24H32O2. The molecule has 0 heterocycles. The van der Waals surface area contributed by atoms with Crippen LogP contribution in [0.5, 0.6) is 0 Å². The second-order valence-electron chi connectivity index (χ2n) is 9.78. The molecule has 5 fully saturated rings. The van der Waals surface area contributed by atoms with Crippen LogP contribution in [-0.2, 0) is 9.53 Å². The molecule has 5 rings (SSSR count). The van der Waals surface area contributed by atoms with E-state index in [1.54, 1.807) is 0 Å². The van der Waals surface area contributed by atoms with Crippen molar-refractivity contribution in [1.82, 2.24) is 0 Å². The summed E-state index contributed by atoms with van der Waals surface area (Å²) in [5.74, 6) is 9.52. The first-order valence-electron chi connectivity index (χ1n) is 10.8. The van der Waals surface area contributed by atoms with Gasteiger partial charge in [0.05, 0.1) is 7.11 Å². The quantitative estimate of drug-likeness (QED) is 0.265. The third kappa shape index (κ3) is 3.57. The van der Waals surface area contributed by atoms with Gasteiger partial charge in [-0.3, -0.25) is 0 Å². The molecule has 5 aliphatic carbocycles. The van der Waals surface area contributed by atoms with Crippen LogP contribution in [-0.4, -0.2) is 13.1 Å². The highest BCUT2D eigenvalue weighted by Gasteiger charge is 2.63. The molecule has 0 bridgehead atoms. The molecular weight excluding hydrogens is 320 g/mol. The minimum Gasteiger partial charge on any atom is -0.466 e. The van der Waals surface area contributed by atoms with Gasteiger partial charge >= 0.3 is 5.97 Å². The summed E-state index contributed by atoms with van der Waals surface area (Å²) in [5.41, 5.74) is 0. The summed E-state index contributed by atoms with van der Waals surface area (Å²) in [4.78, 5) is 11.0. The van der Waals surface area contributed by atoms with Crippen LogP contribution < -0.4 is 0 Å². The zero-order valence-corrected chi connectivity index (χ0v) is 16.1. The van der Waals surface area contributed by atoms with E-state index >= 15 is 0 Å². The maximum absolute atomic E-state index is 11.0. The summed E-state index contributed by atoms with van der Waals surface area (Å²) in [7, 11) is 1.42. The fraction of sp³-hybridized carbons (Fsp3) is 0.708. The van der Waals surface area contributed by atoms with Crippen LogP contribution in [0.4, 0.5) is 0 Å². The van der Waals surface area contributed by atoms with E-state index in [0.29, 0.717) is 0 Å². The minimum absolute atomic E-state index is 0.274. The molecule has 0 amide bonds. The van der Waals surface area contributed by atoms with Crippen LogP contribution in [0.2, 0.25) is 0 Å². The Hall–Kier alpha value is -1.31. The molecule has 26 heavy (non-hydrogen) atoms. The van der Waals surface area contributed by atoms with Crippen LogP contribution in [0.25, 0.3) is 0 Å². The summed E-state index contributed by atoms with van der Waals surface area (Å²) < 4.78 is 4.60. The van der Waals surface area contributed by atoms with Crippen molar-refractivity contribution in [3.05, 3.63) is 36.5 Å². The normalized spacial score (nSPS) is 51.2. The molecule has 0 aromatic carbocycles. The Bertz CT molecular complexity index is 659. The lowest BCUT2D eigenvalue weighted by Crippen LogP contribution is -1.94. The first-order valence-corrected chi connectivity index (χ1v) is 10.8. The Kier molecular flexibility index (Phi) is 4.14. The summed E-state index contributed by atoms with van der Waals surface area (Å²) in [6.45, 7) is 2.37. The summed E-state index contributed by atoms with van der Waals surface area (Å²) >= 11 is 0. The maximum atomic E-state index is 11.0. The number of methoxy groups -OCH3 is 1. The van der Waals surface area contributed by atoms with Crippen molar-refractivity contribution < 1.29 is 9.53 Å². The lowest BCUT2D eigenvalue weighted by Gasteiger charge is -1.98. The van der Waals surface area contributed by atoms with Crippen molar-refractivity contribution in [3.8, 4) is 0 Å². The van der Waals surface area contributed by atoms with Crippen molar-refractivity contribution in [2.45, 2.75) is 39.0 Å². The maximum Gasteiger partial charge on any atom is 0.330 e. The summed E-state index contributed by atoms with van der Waals surface area (Å²) in [6, 6.07) is 0. The lowest BCUT2D eigenvalue weighted by molar-refractivity contribution is -0.134. The van der Waals surface area contributed by atoms with Gasteiger partial charge in [-0.2, -0.15) is 0 Å². The summed E-state index contributed by atoms with van der Waals surface area (Å²) in [5, 5.41) is 0. The highest BCUT2D eigenvalue weighted by atomic mass is 16.5. The Morgan fingerprint density at radius 1 is 0.731 bits per heavy atom. The number of rotatable bonds is 8. The number of carbonyl (C=O) groups is 1. The SMILES string of the molecule is COC(=O)/C=C/C=C\[C@@H]1C[C@H]1[C@@H]1C[C@H]1[C@@H]1C[C@H]1[C@@H]1C[C@H]1/C=C/[C@@H]1C[C@H]1C. The molecule has 2 nitrogen and oxygen atoms in total. The van der Waals surface area contributed by atoms with Gasteiger partial charge < -0.3 is 4.74 Å². The van der Waals surface area contributed by atoms with Crippen LogP contribution in [0.1, 0.15) is 39.0 Å². The number of ether oxygens (including phenoxy) is 1. The smallest absolute Gasteiger partial charge is 0.330 e. The van der Waals surface area contributed by atoms with E-state index in [-0.39, 0.29) is 5.97 Å². The van der Waals surface area contributed by atoms with Crippen molar-refractivity contribution in [2.75, 3.05) is 7.11 Å². The Morgan fingerprint density at radius 3 is 1.85 bits per heavy atom. The van der Waals surface area contributed by atoms with Gasteiger partial charge in [-0.25, -0.2) is 4.79 Å². The third-order valence-electron chi connectivity index (χ3n) is 7.89. The fourth-order valence-corrected chi connectivity index (χ4v) is 5.65. The Balaban J connectivity index is 1.01. The van der Waals surface area contributed by atoms with Gasteiger partial charge in [0.2, 0.25) is 0 Å². The second kappa shape index (κ2) is 6.39. The minimum atomic E-state index is -0.274. The van der Waals surface area contributed by atoms with Crippen molar-refractivity contribution >= 4 is 5.97 Å². The predicted molar refractivity (Wildman–Crippen MR) is 103 cm³/mol. The second-order valence-corrected chi connectivity index (χ2v) is 9.78. The predicted octanol–water partition coefficient (Wildman–Crippen LogP) is 5.03. The molecule has 0 aromatic rings. The van der Waals surface area contributed by atoms with Gasteiger partial charge in [0.1, 0.15) is 0 Å². The van der Waals surface area contributed by atoms with E-state index in [1.165, 1.54) is 45.3 Å². The first-order chi connectivity index (χ1) is 12.7. The van der Waals surface area contributed by atoms with E-state index in [1.807, 2.05) is 12.2 Å². The van der Waals surface area contributed by atoms with Gasteiger partial charge in [-0.1, -0.05) is 37.3 Å². The van der Waals surface area contributed by atoms with Crippen molar-refractivity contribution in [1.29, 1.82) is 0 Å². The number of allylic oxidation sites excluding steroid dienone is 5. The van der Waals surface area contributed by atoms with Crippen LogP contribution in [0.15, 0.2) is 36.5 Å². The highest BCUT2D eigenvalue weighted by Crippen LogP contribution is 2.70. The van der Waals surface area contributed by atoms with Crippen molar-refractivity contribution in [3.63, 3.8) is 0 Å². The zero-order valence-electron chi connectivity index (χ0n) is 16.1. The van der Waals surface area contributed by atoms with Crippen LogP contribution >= 0.6 is 0 Å². The van der Waals surface area contributed by atoms with Gasteiger partial charge in [0, 0.05) is 6.08 Å². The van der Waals surface area contributed by atoms with Gasteiger partial charge in [-0.15, -0.1) is 0 Å². The van der Waals surface area contributed by atoms with E-state index in [2.05, 4.69) is 29.9 Å². The molecule has 5 aliphatic rings. The molecule has 0 N–H and O–H groups in total. The molecule has 0 spiro atoms. The average molecular weight is 353 g/mol. The van der Waals surface area contributed by atoms with Gasteiger partial charge in [0.15, 0.2) is 0 Å². The standard InChI is InChI=1S/C24H32O2/c1-14-9-15(14)7-8-17-11-19(17)21-13-23(21)22-12-20(22)18-10-16(18)5-3-4-6-24(25)26-2/h3-8,14-23H,9-13H2,1-2H3/b5-3-,6-4+,8-7+/t14-,15-,16-,17-,18-,19-,20+,21+,22-,23-/m1/s1. The highest BCUT2D eigenvalue weighted by molar-refractivity contribution is 5.82. The number of hydrogen-bond donors (Lipinski definition) is 0. The van der Waals surface area contributed by atoms with Crippen LogP contribution in [0.3, 0.4) is 0 Å². The lowest BCUT2D eigenvalue weighted by atomic mass is 10.1. The monoisotopic (exact) mass is 352 g/mol. The Labute approximate surface area is 157 Å². The number of carbonyl (C=O) groups excluding carboxylic acids is 1. The molecule has 140 valence electrons. The van der Waals surface area contributed by atoms with E-state index in [9.17, 15) is 4.79 Å². The van der Waals surface area contributed by atoms with Crippen molar-refractivity contribution in [2.24, 2.45) is 59.2 Å². The molecule has 5 saturated carbocycles. The molecule has 0 radical (unpaired) electrons. The fourth-order valence-electron chi connectivity index (χ4n) is 5.65. The van der Waals surface area contributed by atoms with Crippen LogP contribution in [0, 0.1) is 59.2 Å². The first kappa shape index (κ1) is 16.8. The third-order valence-corrected chi connectivity index (χ3v) is 7.89. The molecule has 0 unspecified atom stereocenters. The topological polar surface area (TPSA) is 26.3 Å². The summed E-state index contributed by atoms with van der Waals surface area (Å²) in [6.07, 6.45) is 20.0.